The number of likely N-dealkylation sites (tertiary alicyclic amines) is 1. The lowest BCUT2D eigenvalue weighted by molar-refractivity contribution is -0.127. The number of benzene rings is 1. The van der Waals surface area contributed by atoms with Crippen molar-refractivity contribution < 1.29 is 23.5 Å². The summed E-state index contributed by atoms with van der Waals surface area (Å²) in [6.45, 7) is 5.96. The molecule has 0 radical (unpaired) electrons. The topological polar surface area (TPSA) is 69.6 Å². The van der Waals surface area contributed by atoms with Gasteiger partial charge in [0.2, 0.25) is 5.91 Å². The fourth-order valence-electron chi connectivity index (χ4n) is 5.26. The highest BCUT2D eigenvalue weighted by Crippen LogP contribution is 2.66. The second kappa shape index (κ2) is 6.56. The van der Waals surface area contributed by atoms with Crippen LogP contribution in [0.1, 0.15) is 58.1 Å². The molecule has 29 heavy (non-hydrogen) atoms. The van der Waals surface area contributed by atoms with Gasteiger partial charge in [0.25, 0.3) is 0 Å². The van der Waals surface area contributed by atoms with Crippen molar-refractivity contribution in [2.24, 2.45) is 17.3 Å². The van der Waals surface area contributed by atoms with Gasteiger partial charge in [0, 0.05) is 5.56 Å². The Morgan fingerprint density at radius 1 is 1.28 bits per heavy atom. The zero-order valence-corrected chi connectivity index (χ0v) is 17.4. The molecule has 2 amide bonds. The Bertz CT molecular complexity index is 883. The fourth-order valence-corrected chi connectivity index (χ4v) is 5.41. The number of carboxylic acid groups (broad SMARTS) is 1. The van der Waals surface area contributed by atoms with Gasteiger partial charge in [-0.2, -0.15) is 0 Å². The molecule has 0 bridgehead atoms. The maximum absolute atomic E-state index is 14.5. The largest absolute Gasteiger partial charge is 0.465 e. The first-order chi connectivity index (χ1) is 13.5. The lowest BCUT2D eigenvalue weighted by Crippen LogP contribution is -2.55. The summed E-state index contributed by atoms with van der Waals surface area (Å²) in [7, 11) is 0. The molecule has 4 rings (SSSR count). The van der Waals surface area contributed by atoms with Crippen LogP contribution in [0.4, 0.5) is 13.6 Å². The maximum Gasteiger partial charge on any atom is 0.408 e. The molecule has 1 saturated heterocycles. The van der Waals surface area contributed by atoms with Crippen LogP contribution < -0.4 is 5.32 Å². The van der Waals surface area contributed by atoms with Crippen LogP contribution in [-0.4, -0.2) is 33.6 Å². The first-order valence-corrected chi connectivity index (χ1v) is 10.3. The molecule has 3 aliphatic rings. The minimum Gasteiger partial charge on any atom is -0.465 e. The molecule has 158 valence electrons. The first-order valence-electron chi connectivity index (χ1n) is 9.94. The number of halogens is 3. The number of rotatable bonds is 4. The third-order valence-corrected chi connectivity index (χ3v) is 7.19. The maximum atomic E-state index is 14.5. The number of nitrogens with one attached hydrogen (secondary N) is 1. The number of carbonyl (C=O) groups is 2. The summed E-state index contributed by atoms with van der Waals surface area (Å²) in [6.07, 6.45) is 1.65. The van der Waals surface area contributed by atoms with Gasteiger partial charge in [-0.15, -0.1) is 0 Å². The average molecular weight is 427 g/mol. The van der Waals surface area contributed by atoms with Crippen LogP contribution in [0, 0.1) is 28.9 Å². The molecule has 2 saturated carbocycles. The molecule has 0 unspecified atom stereocenters. The minimum atomic E-state index is -1.12. The van der Waals surface area contributed by atoms with E-state index >= 15 is 0 Å². The SMILES string of the molecule is CC(C)(C)[C@@]12C[C@H]1C[C@H](C(=O)N[C@@H](c1cc(F)c(Cl)cc1F)C1CC1)N2C(=O)O. The number of fused-ring (bicyclic) bond motifs is 1. The van der Waals surface area contributed by atoms with Crippen molar-refractivity contribution in [2.45, 2.75) is 64.1 Å². The van der Waals surface area contributed by atoms with E-state index in [-0.39, 0.29) is 27.8 Å². The van der Waals surface area contributed by atoms with E-state index in [0.717, 1.165) is 31.4 Å². The van der Waals surface area contributed by atoms with Gasteiger partial charge in [0.15, 0.2) is 0 Å². The Hall–Kier alpha value is -1.89. The van der Waals surface area contributed by atoms with Crippen LogP contribution in [0.25, 0.3) is 0 Å². The Kier molecular flexibility index (Phi) is 4.61. The summed E-state index contributed by atoms with van der Waals surface area (Å²) >= 11 is 5.65. The van der Waals surface area contributed by atoms with E-state index in [1.54, 1.807) is 0 Å². The zero-order valence-electron chi connectivity index (χ0n) is 16.6. The van der Waals surface area contributed by atoms with Crippen LogP contribution in [0.2, 0.25) is 5.02 Å². The van der Waals surface area contributed by atoms with E-state index in [2.05, 4.69) is 5.32 Å². The highest BCUT2D eigenvalue weighted by atomic mass is 35.5. The van der Waals surface area contributed by atoms with Crippen molar-refractivity contribution in [3.63, 3.8) is 0 Å². The Morgan fingerprint density at radius 3 is 2.48 bits per heavy atom. The van der Waals surface area contributed by atoms with E-state index < -0.39 is 41.3 Å². The van der Waals surface area contributed by atoms with Gasteiger partial charge in [-0.25, -0.2) is 13.6 Å². The zero-order chi connectivity index (χ0) is 21.3. The van der Waals surface area contributed by atoms with Gasteiger partial charge in [-0.3, -0.25) is 9.69 Å². The molecule has 2 N–H and O–H groups in total. The summed E-state index contributed by atoms with van der Waals surface area (Å²) in [4.78, 5) is 26.5. The van der Waals surface area contributed by atoms with Crippen molar-refractivity contribution in [3.8, 4) is 0 Å². The molecule has 2 aliphatic carbocycles. The van der Waals surface area contributed by atoms with Crippen LogP contribution in [0.15, 0.2) is 12.1 Å². The summed E-state index contributed by atoms with van der Waals surface area (Å²) < 4.78 is 28.4. The lowest BCUT2D eigenvalue weighted by atomic mass is 9.82. The third-order valence-electron chi connectivity index (χ3n) is 6.90. The number of piperidine rings is 1. The number of hydrogen-bond donors (Lipinski definition) is 2. The molecule has 8 heteroatoms. The molecule has 3 fully saturated rings. The molecule has 1 heterocycles. The third kappa shape index (κ3) is 3.18. The highest BCUT2D eigenvalue weighted by Gasteiger charge is 2.72. The second-order valence-corrected chi connectivity index (χ2v) is 10.00. The predicted molar refractivity (Wildman–Crippen MR) is 104 cm³/mol. The highest BCUT2D eigenvalue weighted by molar-refractivity contribution is 6.30. The smallest absolute Gasteiger partial charge is 0.408 e. The number of hydrogen-bond acceptors (Lipinski definition) is 2. The van der Waals surface area contributed by atoms with Gasteiger partial charge in [0.05, 0.1) is 16.6 Å². The normalized spacial score (nSPS) is 29.4. The first kappa shape index (κ1) is 20.4. The van der Waals surface area contributed by atoms with E-state index in [1.165, 1.54) is 4.90 Å². The second-order valence-electron chi connectivity index (χ2n) is 9.59. The van der Waals surface area contributed by atoms with Crippen LogP contribution in [0.5, 0.6) is 0 Å². The van der Waals surface area contributed by atoms with Gasteiger partial charge in [-0.05, 0) is 55.1 Å². The molecule has 1 aliphatic heterocycles. The summed E-state index contributed by atoms with van der Waals surface area (Å²) in [5.74, 6) is -1.74. The van der Waals surface area contributed by atoms with E-state index in [1.807, 2.05) is 20.8 Å². The summed E-state index contributed by atoms with van der Waals surface area (Å²) in [6, 6.07) is 0.411. The Balaban J connectivity index is 1.60. The van der Waals surface area contributed by atoms with E-state index in [0.29, 0.717) is 6.42 Å². The van der Waals surface area contributed by atoms with Crippen molar-refractivity contribution in [3.05, 3.63) is 34.4 Å². The molecule has 0 spiro atoms. The summed E-state index contributed by atoms with van der Waals surface area (Å²) in [5, 5.41) is 12.4. The molecule has 4 atom stereocenters. The van der Waals surface area contributed by atoms with Gasteiger partial charge in [0.1, 0.15) is 17.7 Å². The molecule has 1 aromatic rings. The number of carbonyl (C=O) groups excluding carboxylic acids is 1. The summed E-state index contributed by atoms with van der Waals surface area (Å²) in [5.41, 5.74) is -0.793. The minimum absolute atomic E-state index is 0.000169. The molecule has 0 aromatic heterocycles. The van der Waals surface area contributed by atoms with Crippen molar-refractivity contribution in [1.29, 1.82) is 0 Å². The van der Waals surface area contributed by atoms with Gasteiger partial charge < -0.3 is 10.4 Å². The van der Waals surface area contributed by atoms with E-state index in [4.69, 9.17) is 11.6 Å². The van der Waals surface area contributed by atoms with Crippen LogP contribution in [0.3, 0.4) is 0 Å². The van der Waals surface area contributed by atoms with Crippen LogP contribution >= 0.6 is 11.6 Å². The van der Waals surface area contributed by atoms with Crippen molar-refractivity contribution in [1.82, 2.24) is 10.2 Å². The number of amides is 2. The van der Waals surface area contributed by atoms with Crippen molar-refractivity contribution >= 4 is 23.6 Å². The van der Waals surface area contributed by atoms with Crippen LogP contribution in [-0.2, 0) is 4.79 Å². The lowest BCUT2D eigenvalue weighted by Gasteiger charge is -2.39. The van der Waals surface area contributed by atoms with Crippen molar-refractivity contribution in [2.75, 3.05) is 0 Å². The monoisotopic (exact) mass is 426 g/mol. The Morgan fingerprint density at radius 2 is 1.93 bits per heavy atom. The van der Waals surface area contributed by atoms with Gasteiger partial charge >= 0.3 is 6.09 Å². The molecular weight excluding hydrogens is 402 g/mol. The Labute approximate surface area is 173 Å². The average Bonchev–Trinajstić information content (AvgIpc) is 3.52. The molecule has 1 aromatic carbocycles. The number of nitrogens with zero attached hydrogens (tertiary/aromatic N) is 1. The molecule has 5 nitrogen and oxygen atoms in total. The van der Waals surface area contributed by atoms with E-state index in [9.17, 15) is 23.5 Å². The van der Waals surface area contributed by atoms with Gasteiger partial charge in [-0.1, -0.05) is 32.4 Å². The molecular formula is C21H25ClF2N2O3. The fraction of sp³-hybridized carbons (Fsp3) is 0.619. The standard InChI is InChI=1S/C21H25ClF2N2O3/c1-20(2,3)21-9-11(21)6-16(26(21)19(28)29)18(27)25-17(10-4-5-10)12-7-15(24)13(22)8-14(12)23/h7-8,10-11,16-17H,4-6,9H2,1-3H3,(H,25,27)(H,28,29)/t11-,16-,17-,21-/m1/s1. The quantitative estimate of drug-likeness (QED) is 0.683. The predicted octanol–water partition coefficient (Wildman–Crippen LogP) is 4.74.